The van der Waals surface area contributed by atoms with E-state index >= 15 is 0 Å². The van der Waals surface area contributed by atoms with E-state index in [2.05, 4.69) is 20.7 Å². The van der Waals surface area contributed by atoms with Gasteiger partial charge in [-0.25, -0.2) is 13.1 Å². The zero-order chi connectivity index (χ0) is 14.8. The number of benzene rings is 1. The fourth-order valence-electron chi connectivity index (χ4n) is 1.20. The topological polar surface area (TPSA) is 46.2 Å². The van der Waals surface area contributed by atoms with Gasteiger partial charge in [-0.1, -0.05) is 39.1 Å². The van der Waals surface area contributed by atoms with Crippen LogP contribution < -0.4 is 4.72 Å². The van der Waals surface area contributed by atoms with Crippen LogP contribution in [0, 0.1) is 0 Å². The smallest absolute Gasteiger partial charge is 0.210 e. The Balaban J connectivity index is 3.09. The van der Waals surface area contributed by atoms with Crippen LogP contribution in [-0.4, -0.2) is 26.0 Å². The summed E-state index contributed by atoms with van der Waals surface area (Å²) in [4.78, 5) is -0.0871. The van der Waals surface area contributed by atoms with Gasteiger partial charge >= 0.3 is 0 Å². The van der Waals surface area contributed by atoms with Crippen molar-refractivity contribution in [3.63, 3.8) is 0 Å². The molecule has 0 saturated heterocycles. The average molecular weight is 407 g/mol. The molecule has 19 heavy (non-hydrogen) atoms. The van der Waals surface area contributed by atoms with Crippen LogP contribution in [0.4, 0.5) is 0 Å². The molecule has 0 spiro atoms. The van der Waals surface area contributed by atoms with Gasteiger partial charge in [-0.15, -0.1) is 0 Å². The fraction of sp³-hybridized carbons (Fsp3) is 0.455. The molecule has 0 unspecified atom stereocenters. The van der Waals surface area contributed by atoms with Gasteiger partial charge in [0.15, 0.2) is 0 Å². The molecule has 0 radical (unpaired) electrons. The van der Waals surface area contributed by atoms with Gasteiger partial charge in [0.05, 0.1) is 10.0 Å². The van der Waals surface area contributed by atoms with Crippen LogP contribution in [0.3, 0.4) is 0 Å². The summed E-state index contributed by atoms with van der Waals surface area (Å²) in [5.74, 6) is 0. The normalized spacial score (nSPS) is 12.7. The predicted octanol–water partition coefficient (Wildman–Crippen LogP) is 4.18. The van der Waals surface area contributed by atoms with Gasteiger partial charge in [0.1, 0.15) is 4.90 Å². The van der Waals surface area contributed by atoms with Crippen LogP contribution in [0.25, 0.3) is 0 Å². The van der Waals surface area contributed by atoms with Crippen molar-refractivity contribution in [2.45, 2.75) is 23.5 Å². The van der Waals surface area contributed by atoms with Gasteiger partial charge in [-0.05, 0) is 32.2 Å². The summed E-state index contributed by atoms with van der Waals surface area (Å²) in [6.45, 7) is 4.19. The van der Waals surface area contributed by atoms with Crippen molar-refractivity contribution in [3.8, 4) is 0 Å². The lowest BCUT2D eigenvalue weighted by molar-refractivity contribution is 0.571. The first-order chi connectivity index (χ1) is 8.59. The number of rotatable bonds is 5. The molecule has 3 nitrogen and oxygen atoms in total. The van der Waals surface area contributed by atoms with Crippen molar-refractivity contribution in [1.29, 1.82) is 0 Å². The van der Waals surface area contributed by atoms with Crippen LogP contribution in [-0.2, 0) is 10.0 Å². The van der Waals surface area contributed by atoms with Crippen molar-refractivity contribution in [2.24, 2.45) is 0 Å². The van der Waals surface area contributed by atoms with Crippen LogP contribution in [0.1, 0.15) is 13.8 Å². The van der Waals surface area contributed by atoms with E-state index in [9.17, 15) is 8.42 Å². The Morgan fingerprint density at radius 1 is 1.32 bits per heavy atom. The molecular formula is C11H14BrCl2NO2S2. The van der Waals surface area contributed by atoms with E-state index in [1.54, 1.807) is 11.8 Å². The number of hydrogen-bond donors (Lipinski definition) is 1. The molecule has 0 bridgehead atoms. The van der Waals surface area contributed by atoms with Crippen molar-refractivity contribution in [3.05, 3.63) is 26.7 Å². The van der Waals surface area contributed by atoms with Crippen LogP contribution >= 0.6 is 50.9 Å². The molecule has 0 heterocycles. The molecule has 1 rings (SSSR count). The fourth-order valence-corrected chi connectivity index (χ4v) is 4.65. The van der Waals surface area contributed by atoms with Gasteiger partial charge in [0.2, 0.25) is 10.0 Å². The highest BCUT2D eigenvalue weighted by Crippen LogP contribution is 2.33. The minimum absolute atomic E-state index is 0.0871. The lowest BCUT2D eigenvalue weighted by Crippen LogP contribution is -2.36. The average Bonchev–Trinajstić information content (AvgIpc) is 2.25. The molecule has 0 aliphatic rings. The van der Waals surface area contributed by atoms with Crippen molar-refractivity contribution in [1.82, 2.24) is 4.72 Å². The molecule has 1 aromatic carbocycles. The summed E-state index contributed by atoms with van der Waals surface area (Å²) < 4.78 is 27.4. The summed E-state index contributed by atoms with van der Waals surface area (Å²) in [6.07, 6.45) is 1.92. The van der Waals surface area contributed by atoms with Crippen LogP contribution in [0.2, 0.25) is 10.0 Å². The maximum Gasteiger partial charge on any atom is 0.243 e. The van der Waals surface area contributed by atoms with Crippen LogP contribution in [0.5, 0.6) is 0 Å². The van der Waals surface area contributed by atoms with Crippen molar-refractivity contribution in [2.75, 3.05) is 12.8 Å². The molecule has 0 aliphatic heterocycles. The quantitative estimate of drug-likeness (QED) is 0.797. The molecule has 0 aliphatic carbocycles. The minimum Gasteiger partial charge on any atom is -0.210 e. The molecule has 0 fully saturated rings. The Kier molecular flexibility index (Phi) is 6.05. The standard InChI is InChI=1S/C11H14BrCl2NO2S2/c1-11(2,18-3)6-15-19(16,17)10-8(13)4-7(12)5-9(10)14/h4-5,15H,6H2,1-3H3. The lowest BCUT2D eigenvalue weighted by Gasteiger charge is -2.22. The highest BCUT2D eigenvalue weighted by molar-refractivity contribution is 9.10. The molecule has 0 aromatic heterocycles. The molecule has 8 heteroatoms. The first kappa shape index (κ1) is 17.6. The molecule has 1 aromatic rings. The maximum atomic E-state index is 12.2. The van der Waals surface area contributed by atoms with Crippen molar-refractivity contribution >= 4 is 60.9 Å². The predicted molar refractivity (Wildman–Crippen MR) is 86.9 cm³/mol. The maximum absolute atomic E-state index is 12.2. The minimum atomic E-state index is -3.73. The van der Waals surface area contributed by atoms with Gasteiger partial charge < -0.3 is 0 Å². The Morgan fingerprint density at radius 3 is 2.21 bits per heavy atom. The zero-order valence-electron chi connectivity index (χ0n) is 10.6. The van der Waals surface area contributed by atoms with E-state index in [-0.39, 0.29) is 19.7 Å². The largest absolute Gasteiger partial charge is 0.243 e. The van der Waals surface area contributed by atoms with E-state index in [1.807, 2.05) is 20.1 Å². The van der Waals surface area contributed by atoms with E-state index in [1.165, 1.54) is 12.1 Å². The van der Waals surface area contributed by atoms with Crippen molar-refractivity contribution < 1.29 is 8.42 Å². The second-order valence-electron chi connectivity index (χ2n) is 4.49. The summed E-state index contributed by atoms with van der Waals surface area (Å²) >= 11 is 16.7. The number of halogens is 3. The third kappa shape index (κ3) is 4.79. The lowest BCUT2D eigenvalue weighted by atomic mass is 10.2. The zero-order valence-corrected chi connectivity index (χ0v) is 15.4. The molecule has 0 atom stereocenters. The van der Waals surface area contributed by atoms with E-state index in [4.69, 9.17) is 23.2 Å². The molecule has 108 valence electrons. The van der Waals surface area contributed by atoms with Crippen LogP contribution in [0.15, 0.2) is 21.5 Å². The summed E-state index contributed by atoms with van der Waals surface area (Å²) in [6, 6.07) is 3.00. The summed E-state index contributed by atoms with van der Waals surface area (Å²) in [5.41, 5.74) is 0. The highest BCUT2D eigenvalue weighted by atomic mass is 79.9. The van der Waals surface area contributed by atoms with E-state index in [0.717, 1.165) is 0 Å². The second-order valence-corrected chi connectivity index (χ2v) is 9.43. The highest BCUT2D eigenvalue weighted by Gasteiger charge is 2.25. The second kappa shape index (κ2) is 6.54. The monoisotopic (exact) mass is 405 g/mol. The van der Waals surface area contributed by atoms with Gasteiger partial charge in [-0.2, -0.15) is 11.8 Å². The number of thioether (sulfide) groups is 1. The SMILES string of the molecule is CSC(C)(C)CNS(=O)(=O)c1c(Cl)cc(Br)cc1Cl. The van der Waals surface area contributed by atoms with Gasteiger partial charge in [0.25, 0.3) is 0 Å². The first-order valence-corrected chi connectivity index (χ1v) is 9.54. The van der Waals surface area contributed by atoms with E-state index < -0.39 is 10.0 Å². The molecule has 0 saturated carbocycles. The Bertz CT molecular complexity index is 553. The van der Waals surface area contributed by atoms with Gasteiger partial charge in [-0.3, -0.25) is 0 Å². The number of nitrogens with one attached hydrogen (secondary N) is 1. The summed E-state index contributed by atoms with van der Waals surface area (Å²) in [7, 11) is -3.73. The third-order valence-corrected chi connectivity index (χ3v) is 6.50. The Hall–Kier alpha value is 0.540. The molecule has 1 N–H and O–H groups in total. The van der Waals surface area contributed by atoms with E-state index in [0.29, 0.717) is 11.0 Å². The Labute approximate surface area is 136 Å². The van der Waals surface area contributed by atoms with Gasteiger partial charge in [0, 0.05) is 15.8 Å². The Morgan fingerprint density at radius 2 is 1.79 bits per heavy atom. The molecule has 0 amide bonds. The first-order valence-electron chi connectivity index (χ1n) is 5.28. The number of sulfonamides is 1. The third-order valence-electron chi connectivity index (χ3n) is 2.47. The summed E-state index contributed by atoms with van der Waals surface area (Å²) in [5, 5.41) is 0.183. The molecular weight excluding hydrogens is 393 g/mol. The number of hydrogen-bond acceptors (Lipinski definition) is 3.